The lowest BCUT2D eigenvalue weighted by atomic mass is 9.95. The number of hydrogen-bond donors (Lipinski definition) is 3. The monoisotopic (exact) mass is 501 g/mol. The van der Waals surface area contributed by atoms with Crippen LogP contribution in [0.5, 0.6) is 0 Å². The standard InChI is InChI=1S/C25H23F4N5O2/c1-14-8-15(11-32-22(14)30)21(35)10-24(6-7-24)23(36)33-12-17-3-4-18(13-31-17)34-20-5-2-16(26)9-19(20)25(27,28)29/h2-5,8-9,11,13,34H,6-7,10,12H2,1H3,(H2,30,32)(H,33,36). The number of rotatable bonds is 8. The third-order valence-electron chi connectivity index (χ3n) is 6.10. The van der Waals surface area contributed by atoms with Gasteiger partial charge in [-0.2, -0.15) is 13.2 Å². The highest BCUT2D eigenvalue weighted by Gasteiger charge is 2.51. The molecule has 1 aliphatic rings. The molecule has 1 saturated carbocycles. The number of aryl methyl sites for hydroxylation is 1. The molecule has 2 heterocycles. The zero-order chi connectivity index (χ0) is 26.1. The second-order valence-corrected chi connectivity index (χ2v) is 8.84. The number of ketones is 1. The highest BCUT2D eigenvalue weighted by atomic mass is 19.4. The summed E-state index contributed by atoms with van der Waals surface area (Å²) in [5.41, 5.74) is 5.31. The Kier molecular flexibility index (Phi) is 6.66. The first kappa shape index (κ1) is 25.1. The minimum Gasteiger partial charge on any atom is -0.383 e. The molecule has 0 aliphatic heterocycles. The number of carbonyl (C=O) groups is 2. The van der Waals surface area contributed by atoms with E-state index >= 15 is 0 Å². The van der Waals surface area contributed by atoms with Crippen molar-refractivity contribution in [2.45, 2.75) is 38.9 Å². The molecule has 1 aliphatic carbocycles. The van der Waals surface area contributed by atoms with E-state index in [1.165, 1.54) is 18.5 Å². The van der Waals surface area contributed by atoms with Crippen molar-refractivity contribution in [2.24, 2.45) is 5.41 Å². The van der Waals surface area contributed by atoms with Crippen LogP contribution in [-0.4, -0.2) is 21.7 Å². The Morgan fingerprint density at radius 1 is 1.08 bits per heavy atom. The van der Waals surface area contributed by atoms with Crippen LogP contribution < -0.4 is 16.4 Å². The Bertz CT molecular complexity index is 1300. The number of nitrogens with one attached hydrogen (secondary N) is 2. The molecule has 11 heteroatoms. The Labute approximate surface area is 204 Å². The number of alkyl halides is 3. The van der Waals surface area contributed by atoms with Crippen molar-refractivity contribution >= 4 is 28.9 Å². The van der Waals surface area contributed by atoms with Crippen molar-refractivity contribution in [3.63, 3.8) is 0 Å². The number of benzene rings is 1. The van der Waals surface area contributed by atoms with E-state index in [2.05, 4.69) is 20.6 Å². The number of Topliss-reactive ketones (excluding diaryl/α,β-unsaturated/α-hetero) is 1. The first-order valence-electron chi connectivity index (χ1n) is 11.1. The summed E-state index contributed by atoms with van der Waals surface area (Å²) in [6.45, 7) is 1.84. The van der Waals surface area contributed by atoms with Gasteiger partial charge in [0.1, 0.15) is 11.6 Å². The van der Waals surface area contributed by atoms with E-state index in [9.17, 15) is 27.2 Å². The van der Waals surface area contributed by atoms with Crippen LogP contribution in [0.1, 0.15) is 46.4 Å². The Hall–Kier alpha value is -4.02. The van der Waals surface area contributed by atoms with Gasteiger partial charge >= 0.3 is 6.18 Å². The van der Waals surface area contributed by atoms with Gasteiger partial charge in [0.25, 0.3) is 0 Å². The van der Waals surface area contributed by atoms with E-state index in [0.717, 1.165) is 12.1 Å². The van der Waals surface area contributed by atoms with E-state index in [1.807, 2.05) is 0 Å². The Morgan fingerprint density at radius 3 is 2.44 bits per heavy atom. The van der Waals surface area contributed by atoms with Gasteiger partial charge in [0.2, 0.25) is 5.91 Å². The summed E-state index contributed by atoms with van der Waals surface area (Å²) >= 11 is 0. The van der Waals surface area contributed by atoms with Gasteiger partial charge in [0, 0.05) is 18.2 Å². The van der Waals surface area contributed by atoms with E-state index < -0.39 is 23.0 Å². The lowest BCUT2D eigenvalue weighted by Crippen LogP contribution is -2.33. The van der Waals surface area contributed by atoms with Crippen LogP contribution in [-0.2, 0) is 17.5 Å². The summed E-state index contributed by atoms with van der Waals surface area (Å²) < 4.78 is 52.9. The van der Waals surface area contributed by atoms with Crippen molar-refractivity contribution in [1.29, 1.82) is 0 Å². The van der Waals surface area contributed by atoms with Crippen LogP contribution in [0.25, 0.3) is 0 Å². The number of amides is 1. The van der Waals surface area contributed by atoms with Crippen molar-refractivity contribution in [3.8, 4) is 0 Å². The van der Waals surface area contributed by atoms with Gasteiger partial charge in [-0.3, -0.25) is 14.6 Å². The minimum absolute atomic E-state index is 0.0549. The molecule has 0 unspecified atom stereocenters. The molecule has 1 aromatic carbocycles. The molecule has 0 atom stereocenters. The van der Waals surface area contributed by atoms with Crippen molar-refractivity contribution in [2.75, 3.05) is 11.1 Å². The molecule has 7 nitrogen and oxygen atoms in total. The quantitative estimate of drug-likeness (QED) is 0.298. The molecule has 0 radical (unpaired) electrons. The third kappa shape index (κ3) is 5.61. The molecule has 1 amide bonds. The summed E-state index contributed by atoms with van der Waals surface area (Å²) in [5, 5.41) is 5.37. The number of anilines is 3. The lowest BCUT2D eigenvalue weighted by Gasteiger charge is -2.16. The number of pyridine rings is 2. The largest absolute Gasteiger partial charge is 0.418 e. The zero-order valence-corrected chi connectivity index (χ0v) is 19.2. The fourth-order valence-electron chi connectivity index (χ4n) is 3.76. The van der Waals surface area contributed by atoms with E-state index in [0.29, 0.717) is 41.5 Å². The van der Waals surface area contributed by atoms with Gasteiger partial charge in [-0.25, -0.2) is 9.37 Å². The predicted molar refractivity (Wildman–Crippen MR) is 125 cm³/mol. The summed E-state index contributed by atoms with van der Waals surface area (Å²) in [4.78, 5) is 33.6. The molecule has 4 N–H and O–H groups in total. The molecule has 0 saturated heterocycles. The fourth-order valence-corrected chi connectivity index (χ4v) is 3.76. The van der Waals surface area contributed by atoms with Crippen LogP contribution in [0.3, 0.4) is 0 Å². The molecule has 188 valence electrons. The number of nitrogens with zero attached hydrogens (tertiary/aromatic N) is 2. The Morgan fingerprint density at radius 2 is 1.83 bits per heavy atom. The van der Waals surface area contributed by atoms with Gasteiger partial charge in [-0.15, -0.1) is 0 Å². The van der Waals surface area contributed by atoms with Crippen LogP contribution in [0.2, 0.25) is 0 Å². The van der Waals surface area contributed by atoms with E-state index in [4.69, 9.17) is 5.73 Å². The predicted octanol–water partition coefficient (Wildman–Crippen LogP) is 4.94. The molecule has 0 spiro atoms. The molecule has 36 heavy (non-hydrogen) atoms. The van der Waals surface area contributed by atoms with Crippen molar-refractivity contribution < 1.29 is 27.2 Å². The summed E-state index contributed by atoms with van der Waals surface area (Å²) in [6, 6.07) is 7.06. The number of halogens is 4. The van der Waals surface area contributed by atoms with Gasteiger partial charge in [0.05, 0.1) is 40.8 Å². The van der Waals surface area contributed by atoms with Crippen molar-refractivity contribution in [1.82, 2.24) is 15.3 Å². The number of nitrogen functional groups attached to an aromatic ring is 1. The maximum atomic E-state index is 13.3. The maximum absolute atomic E-state index is 13.3. The molecule has 0 bridgehead atoms. The average molecular weight is 501 g/mol. The summed E-state index contributed by atoms with van der Waals surface area (Å²) in [7, 11) is 0. The van der Waals surface area contributed by atoms with Crippen LogP contribution in [0.4, 0.5) is 34.8 Å². The van der Waals surface area contributed by atoms with Gasteiger partial charge in [0.15, 0.2) is 5.78 Å². The first-order chi connectivity index (χ1) is 17.0. The van der Waals surface area contributed by atoms with Gasteiger partial charge in [-0.05, 0) is 61.7 Å². The third-order valence-corrected chi connectivity index (χ3v) is 6.10. The summed E-state index contributed by atoms with van der Waals surface area (Å²) in [6.07, 6.45) is -0.784. The van der Waals surface area contributed by atoms with Crippen LogP contribution >= 0.6 is 0 Å². The molecule has 1 fully saturated rings. The SMILES string of the molecule is Cc1cc(C(=O)CC2(C(=O)NCc3ccc(Nc4ccc(F)cc4C(F)(F)F)cn3)CC2)cnc1N. The average Bonchev–Trinajstić information content (AvgIpc) is 3.61. The van der Waals surface area contributed by atoms with Crippen LogP contribution in [0, 0.1) is 18.2 Å². The number of aromatic nitrogens is 2. The fraction of sp³-hybridized carbons (Fsp3) is 0.280. The first-order valence-corrected chi connectivity index (χ1v) is 11.1. The van der Waals surface area contributed by atoms with Crippen molar-refractivity contribution in [3.05, 3.63) is 77.0 Å². The number of carbonyl (C=O) groups excluding carboxylic acids is 2. The molecule has 3 aromatic rings. The van der Waals surface area contributed by atoms with Gasteiger partial charge in [-0.1, -0.05) is 0 Å². The second kappa shape index (κ2) is 9.56. The maximum Gasteiger partial charge on any atom is 0.418 e. The minimum atomic E-state index is -4.73. The van der Waals surface area contributed by atoms with E-state index in [1.54, 1.807) is 19.1 Å². The second-order valence-electron chi connectivity index (χ2n) is 8.84. The molecule has 2 aromatic heterocycles. The lowest BCUT2D eigenvalue weighted by molar-refractivity contribution is -0.137. The molecule has 4 rings (SSSR count). The van der Waals surface area contributed by atoms with E-state index in [-0.39, 0.29) is 36.0 Å². The zero-order valence-electron chi connectivity index (χ0n) is 19.2. The smallest absolute Gasteiger partial charge is 0.383 e. The molecular formula is C25H23F4N5O2. The topological polar surface area (TPSA) is 110 Å². The van der Waals surface area contributed by atoms with Gasteiger partial charge < -0.3 is 16.4 Å². The summed E-state index contributed by atoms with van der Waals surface area (Å²) in [5.74, 6) is -1.10. The van der Waals surface area contributed by atoms with Crippen LogP contribution in [0.15, 0.2) is 48.8 Å². The number of nitrogens with two attached hydrogens (primary N) is 1. The number of hydrogen-bond acceptors (Lipinski definition) is 6. The molecular weight excluding hydrogens is 478 g/mol. The Balaban J connectivity index is 1.35. The normalized spacial score (nSPS) is 14.2. The highest BCUT2D eigenvalue weighted by Crippen LogP contribution is 2.49. The highest BCUT2D eigenvalue weighted by molar-refractivity contribution is 6.00.